The molecule has 0 bridgehead atoms. The first-order chi connectivity index (χ1) is 9.20. The molecular formula is C14H16BrNO2S. The minimum atomic E-state index is -0.137. The molecule has 0 aliphatic carbocycles. The van der Waals surface area contributed by atoms with E-state index in [1.807, 2.05) is 41.5 Å². The van der Waals surface area contributed by atoms with Gasteiger partial charge in [-0.2, -0.15) is 0 Å². The van der Waals surface area contributed by atoms with E-state index in [1.165, 1.54) is 4.88 Å². The average Bonchev–Trinajstić information content (AvgIpc) is 3.09. The van der Waals surface area contributed by atoms with E-state index in [4.69, 9.17) is 4.42 Å². The molecule has 0 N–H and O–H groups in total. The molecule has 0 saturated carbocycles. The van der Waals surface area contributed by atoms with E-state index in [-0.39, 0.29) is 10.7 Å². The van der Waals surface area contributed by atoms with Crippen molar-refractivity contribution in [2.45, 2.75) is 31.3 Å². The van der Waals surface area contributed by atoms with Crippen LogP contribution in [0.4, 0.5) is 0 Å². The van der Waals surface area contributed by atoms with Crippen LogP contribution in [0.2, 0.25) is 0 Å². The Hall–Kier alpha value is -1.07. The van der Waals surface area contributed by atoms with Gasteiger partial charge in [-0.05, 0) is 30.0 Å². The van der Waals surface area contributed by atoms with Gasteiger partial charge in [0.1, 0.15) is 5.76 Å². The summed E-state index contributed by atoms with van der Waals surface area (Å²) in [6.07, 6.45) is 2.41. The highest BCUT2D eigenvalue weighted by molar-refractivity contribution is 9.10. The van der Waals surface area contributed by atoms with Crippen molar-refractivity contribution in [2.24, 2.45) is 0 Å². The Kier molecular flexibility index (Phi) is 5.22. The Morgan fingerprint density at radius 2 is 2.26 bits per heavy atom. The summed E-state index contributed by atoms with van der Waals surface area (Å²) in [5, 5.41) is 2.02. The highest BCUT2D eigenvalue weighted by atomic mass is 79.9. The summed E-state index contributed by atoms with van der Waals surface area (Å²) in [6.45, 7) is 3.12. The highest BCUT2D eigenvalue weighted by Gasteiger charge is 2.22. The van der Waals surface area contributed by atoms with Gasteiger partial charge in [-0.3, -0.25) is 4.79 Å². The SMILES string of the molecule is CCC(Br)C(=O)N(Cc1ccco1)Cc1cccs1. The van der Waals surface area contributed by atoms with Crippen molar-refractivity contribution in [1.82, 2.24) is 4.90 Å². The molecule has 0 saturated heterocycles. The third-order valence-electron chi connectivity index (χ3n) is 2.79. The molecule has 2 heterocycles. The van der Waals surface area contributed by atoms with Gasteiger partial charge in [0.2, 0.25) is 5.91 Å². The largest absolute Gasteiger partial charge is 0.467 e. The molecule has 1 atom stereocenters. The van der Waals surface area contributed by atoms with Crippen LogP contribution >= 0.6 is 27.3 Å². The second-order valence-electron chi connectivity index (χ2n) is 4.23. The van der Waals surface area contributed by atoms with Crippen molar-refractivity contribution in [2.75, 3.05) is 0 Å². The first-order valence-electron chi connectivity index (χ1n) is 6.18. The van der Waals surface area contributed by atoms with Crippen LogP contribution in [-0.4, -0.2) is 15.6 Å². The number of alkyl halides is 1. The number of carbonyl (C=O) groups is 1. The molecule has 2 aromatic rings. The molecule has 1 unspecified atom stereocenters. The molecule has 0 fully saturated rings. The van der Waals surface area contributed by atoms with E-state index >= 15 is 0 Å². The molecule has 2 aromatic heterocycles. The van der Waals surface area contributed by atoms with Crippen LogP contribution in [0, 0.1) is 0 Å². The summed E-state index contributed by atoms with van der Waals surface area (Å²) in [5.74, 6) is 0.910. The van der Waals surface area contributed by atoms with Gasteiger partial charge in [-0.15, -0.1) is 11.3 Å². The van der Waals surface area contributed by atoms with Crippen LogP contribution < -0.4 is 0 Å². The second-order valence-corrected chi connectivity index (χ2v) is 6.37. The summed E-state index contributed by atoms with van der Waals surface area (Å²) in [7, 11) is 0. The zero-order chi connectivity index (χ0) is 13.7. The lowest BCUT2D eigenvalue weighted by molar-refractivity contribution is -0.132. The molecule has 0 aromatic carbocycles. The number of hydrogen-bond donors (Lipinski definition) is 0. The predicted octanol–water partition coefficient (Wildman–Crippen LogP) is 4.04. The number of nitrogens with zero attached hydrogens (tertiary/aromatic N) is 1. The smallest absolute Gasteiger partial charge is 0.237 e. The fraction of sp³-hybridized carbons (Fsp3) is 0.357. The van der Waals surface area contributed by atoms with Crippen molar-refractivity contribution < 1.29 is 9.21 Å². The number of carbonyl (C=O) groups excluding carboxylic acids is 1. The van der Waals surface area contributed by atoms with E-state index < -0.39 is 0 Å². The van der Waals surface area contributed by atoms with E-state index in [0.717, 1.165) is 12.2 Å². The monoisotopic (exact) mass is 341 g/mol. The summed E-state index contributed by atoms with van der Waals surface area (Å²) in [4.78, 5) is 15.2. The predicted molar refractivity (Wildman–Crippen MR) is 80.3 cm³/mol. The maximum absolute atomic E-state index is 12.4. The van der Waals surface area contributed by atoms with Crippen LogP contribution in [0.1, 0.15) is 24.0 Å². The Morgan fingerprint density at radius 3 is 2.84 bits per heavy atom. The standard InChI is InChI=1S/C14H16BrNO2S/c1-2-13(15)14(17)16(9-11-5-3-7-18-11)10-12-6-4-8-19-12/h3-8,13H,2,9-10H2,1H3. The maximum atomic E-state index is 12.4. The molecule has 2 rings (SSSR count). The van der Waals surface area contributed by atoms with Gasteiger partial charge in [0.25, 0.3) is 0 Å². The third kappa shape index (κ3) is 3.94. The topological polar surface area (TPSA) is 33.5 Å². The molecule has 1 amide bonds. The van der Waals surface area contributed by atoms with Crippen LogP contribution in [0.5, 0.6) is 0 Å². The molecule has 0 aliphatic heterocycles. The van der Waals surface area contributed by atoms with Crippen molar-refractivity contribution in [1.29, 1.82) is 0 Å². The minimum Gasteiger partial charge on any atom is -0.467 e. The Bertz CT molecular complexity index is 459. The Morgan fingerprint density at radius 1 is 1.42 bits per heavy atom. The van der Waals surface area contributed by atoms with Crippen LogP contribution in [0.25, 0.3) is 0 Å². The van der Waals surface area contributed by atoms with E-state index in [0.29, 0.717) is 13.1 Å². The van der Waals surface area contributed by atoms with E-state index in [2.05, 4.69) is 15.9 Å². The first kappa shape index (κ1) is 14.3. The lowest BCUT2D eigenvalue weighted by atomic mass is 10.2. The summed E-state index contributed by atoms with van der Waals surface area (Å²) in [5.41, 5.74) is 0. The summed E-state index contributed by atoms with van der Waals surface area (Å²) in [6, 6.07) is 7.78. The number of hydrogen-bond acceptors (Lipinski definition) is 3. The lowest BCUT2D eigenvalue weighted by Gasteiger charge is -2.23. The number of furan rings is 1. The Balaban J connectivity index is 2.10. The fourth-order valence-electron chi connectivity index (χ4n) is 1.77. The number of thiophene rings is 1. The third-order valence-corrected chi connectivity index (χ3v) is 4.69. The molecule has 0 radical (unpaired) electrons. The normalized spacial score (nSPS) is 12.3. The number of rotatable bonds is 6. The molecular weight excluding hydrogens is 326 g/mol. The zero-order valence-corrected chi connectivity index (χ0v) is 13.1. The molecule has 5 heteroatoms. The zero-order valence-electron chi connectivity index (χ0n) is 10.7. The van der Waals surface area contributed by atoms with Gasteiger partial charge < -0.3 is 9.32 Å². The van der Waals surface area contributed by atoms with Gasteiger partial charge in [-0.1, -0.05) is 28.9 Å². The van der Waals surface area contributed by atoms with Crippen molar-refractivity contribution in [3.63, 3.8) is 0 Å². The summed E-state index contributed by atoms with van der Waals surface area (Å²) >= 11 is 5.09. The van der Waals surface area contributed by atoms with E-state index in [9.17, 15) is 4.79 Å². The molecule has 102 valence electrons. The molecule has 0 aliphatic rings. The minimum absolute atomic E-state index is 0.104. The van der Waals surface area contributed by atoms with Gasteiger partial charge in [0.15, 0.2) is 0 Å². The first-order valence-corrected chi connectivity index (χ1v) is 7.98. The second kappa shape index (κ2) is 6.91. The van der Waals surface area contributed by atoms with Gasteiger partial charge in [-0.25, -0.2) is 0 Å². The van der Waals surface area contributed by atoms with Gasteiger partial charge >= 0.3 is 0 Å². The van der Waals surface area contributed by atoms with Crippen molar-refractivity contribution in [3.8, 4) is 0 Å². The van der Waals surface area contributed by atoms with Crippen molar-refractivity contribution >= 4 is 33.2 Å². The van der Waals surface area contributed by atoms with Crippen molar-refractivity contribution in [3.05, 3.63) is 46.5 Å². The Labute approximate surface area is 125 Å². The van der Waals surface area contributed by atoms with Gasteiger partial charge in [0.05, 0.1) is 24.2 Å². The quantitative estimate of drug-likeness (QED) is 0.743. The molecule has 19 heavy (non-hydrogen) atoms. The maximum Gasteiger partial charge on any atom is 0.237 e. The van der Waals surface area contributed by atoms with Gasteiger partial charge in [0, 0.05) is 4.88 Å². The average molecular weight is 342 g/mol. The highest BCUT2D eigenvalue weighted by Crippen LogP contribution is 2.18. The van der Waals surface area contributed by atoms with Crippen LogP contribution in [0.15, 0.2) is 40.3 Å². The number of amides is 1. The van der Waals surface area contributed by atoms with Crippen LogP contribution in [-0.2, 0) is 17.9 Å². The molecule has 3 nitrogen and oxygen atoms in total. The molecule has 0 spiro atoms. The summed E-state index contributed by atoms with van der Waals surface area (Å²) < 4.78 is 5.34. The number of halogens is 1. The van der Waals surface area contributed by atoms with Crippen LogP contribution in [0.3, 0.4) is 0 Å². The fourth-order valence-corrected chi connectivity index (χ4v) is 2.77. The van der Waals surface area contributed by atoms with E-state index in [1.54, 1.807) is 17.6 Å². The lowest BCUT2D eigenvalue weighted by Crippen LogP contribution is -2.35.